The standard InChI is InChI=1S/C10H18N6O/c1-16(10(17)9-12-14-15-13-9)8-5-3-2-4-7(8)6-11/h7-8H,2-6,11H2,1H3,(H,12,13,14,15). The second kappa shape index (κ2) is 5.22. The summed E-state index contributed by atoms with van der Waals surface area (Å²) >= 11 is 0. The quantitative estimate of drug-likeness (QED) is 0.758. The van der Waals surface area contributed by atoms with Gasteiger partial charge in [0.05, 0.1) is 0 Å². The van der Waals surface area contributed by atoms with Crippen LogP contribution in [0.2, 0.25) is 0 Å². The molecule has 17 heavy (non-hydrogen) atoms. The van der Waals surface area contributed by atoms with Crippen molar-refractivity contribution in [3.05, 3.63) is 5.82 Å². The Bertz CT molecular complexity index is 365. The van der Waals surface area contributed by atoms with Crippen molar-refractivity contribution in [3.63, 3.8) is 0 Å². The molecule has 2 rings (SSSR count). The van der Waals surface area contributed by atoms with E-state index in [-0.39, 0.29) is 17.8 Å². The van der Waals surface area contributed by atoms with Gasteiger partial charge in [0.2, 0.25) is 0 Å². The zero-order valence-electron chi connectivity index (χ0n) is 9.96. The Labute approximate surface area is 99.7 Å². The Morgan fingerprint density at radius 1 is 1.53 bits per heavy atom. The highest BCUT2D eigenvalue weighted by atomic mass is 16.2. The first kappa shape index (κ1) is 12.0. The van der Waals surface area contributed by atoms with E-state index in [4.69, 9.17) is 5.73 Å². The molecular weight excluding hydrogens is 220 g/mol. The Hall–Kier alpha value is -1.50. The lowest BCUT2D eigenvalue weighted by atomic mass is 9.83. The fraction of sp³-hybridized carbons (Fsp3) is 0.800. The van der Waals surface area contributed by atoms with Crippen molar-refractivity contribution in [1.29, 1.82) is 0 Å². The first-order valence-electron chi connectivity index (χ1n) is 5.94. The molecule has 1 aliphatic rings. The van der Waals surface area contributed by atoms with Gasteiger partial charge in [0, 0.05) is 13.1 Å². The van der Waals surface area contributed by atoms with Crippen LogP contribution in [0.5, 0.6) is 0 Å². The molecule has 1 aliphatic carbocycles. The first-order chi connectivity index (χ1) is 8.24. The molecule has 0 aromatic carbocycles. The van der Waals surface area contributed by atoms with Crippen LogP contribution in [-0.2, 0) is 0 Å². The Morgan fingerprint density at radius 2 is 2.29 bits per heavy atom. The summed E-state index contributed by atoms with van der Waals surface area (Å²) in [6, 6.07) is 0.194. The van der Waals surface area contributed by atoms with Gasteiger partial charge >= 0.3 is 0 Å². The summed E-state index contributed by atoms with van der Waals surface area (Å²) in [5, 5.41) is 13.1. The predicted molar refractivity (Wildman–Crippen MR) is 61.1 cm³/mol. The number of tetrazole rings is 1. The number of aromatic amines is 1. The second-order valence-electron chi connectivity index (χ2n) is 4.50. The van der Waals surface area contributed by atoms with E-state index in [0.717, 1.165) is 19.3 Å². The van der Waals surface area contributed by atoms with Crippen molar-refractivity contribution in [2.45, 2.75) is 31.7 Å². The van der Waals surface area contributed by atoms with E-state index in [1.807, 2.05) is 0 Å². The van der Waals surface area contributed by atoms with Crippen LogP contribution < -0.4 is 5.73 Å². The molecule has 0 radical (unpaired) electrons. The van der Waals surface area contributed by atoms with Gasteiger partial charge in [-0.15, -0.1) is 10.2 Å². The van der Waals surface area contributed by atoms with Crippen molar-refractivity contribution in [3.8, 4) is 0 Å². The lowest BCUT2D eigenvalue weighted by Crippen LogP contribution is -2.46. The lowest BCUT2D eigenvalue weighted by molar-refractivity contribution is 0.0608. The third-order valence-electron chi connectivity index (χ3n) is 3.53. The topological polar surface area (TPSA) is 101 Å². The number of nitrogens with two attached hydrogens (primary N) is 1. The number of nitrogens with one attached hydrogen (secondary N) is 1. The molecule has 7 nitrogen and oxygen atoms in total. The van der Waals surface area contributed by atoms with E-state index >= 15 is 0 Å². The van der Waals surface area contributed by atoms with Crippen molar-refractivity contribution in [2.24, 2.45) is 11.7 Å². The Balaban J connectivity index is 2.07. The van der Waals surface area contributed by atoms with E-state index in [1.165, 1.54) is 6.42 Å². The molecule has 3 N–H and O–H groups in total. The van der Waals surface area contributed by atoms with E-state index in [1.54, 1.807) is 11.9 Å². The summed E-state index contributed by atoms with van der Waals surface area (Å²) in [4.78, 5) is 13.8. The number of nitrogens with zero attached hydrogens (tertiary/aromatic N) is 4. The number of rotatable bonds is 3. The molecule has 0 spiro atoms. The van der Waals surface area contributed by atoms with E-state index in [9.17, 15) is 4.79 Å². The molecule has 1 aromatic heterocycles. The van der Waals surface area contributed by atoms with Crippen LogP contribution >= 0.6 is 0 Å². The van der Waals surface area contributed by atoms with Crippen LogP contribution in [0.25, 0.3) is 0 Å². The average molecular weight is 238 g/mol. The first-order valence-corrected chi connectivity index (χ1v) is 5.94. The molecular formula is C10H18N6O. The molecule has 7 heteroatoms. The van der Waals surface area contributed by atoms with Gasteiger partial charge in [-0.05, 0) is 30.5 Å². The third-order valence-corrected chi connectivity index (χ3v) is 3.53. The summed E-state index contributed by atoms with van der Waals surface area (Å²) in [7, 11) is 1.79. The van der Waals surface area contributed by atoms with Crippen LogP contribution in [0.3, 0.4) is 0 Å². The van der Waals surface area contributed by atoms with Crippen LogP contribution in [0.15, 0.2) is 0 Å². The highest BCUT2D eigenvalue weighted by Crippen LogP contribution is 2.27. The molecule has 2 unspecified atom stereocenters. The number of aromatic nitrogens is 4. The van der Waals surface area contributed by atoms with Gasteiger partial charge in [-0.3, -0.25) is 4.79 Å². The number of hydrogen-bond acceptors (Lipinski definition) is 5. The summed E-state index contributed by atoms with van der Waals surface area (Å²) < 4.78 is 0. The molecule has 0 saturated heterocycles. The average Bonchev–Trinajstić information content (AvgIpc) is 2.90. The minimum atomic E-state index is -0.191. The number of hydrogen-bond donors (Lipinski definition) is 2. The Morgan fingerprint density at radius 3 is 2.94 bits per heavy atom. The van der Waals surface area contributed by atoms with Crippen molar-refractivity contribution in [2.75, 3.05) is 13.6 Å². The minimum absolute atomic E-state index is 0.119. The summed E-state index contributed by atoms with van der Waals surface area (Å²) in [6.45, 7) is 0.620. The fourth-order valence-corrected chi connectivity index (χ4v) is 2.53. The molecule has 0 bridgehead atoms. The van der Waals surface area contributed by atoms with Crippen LogP contribution in [0, 0.1) is 5.92 Å². The second-order valence-corrected chi connectivity index (χ2v) is 4.50. The highest BCUT2D eigenvalue weighted by molar-refractivity contribution is 5.90. The molecule has 2 atom stereocenters. The lowest BCUT2D eigenvalue weighted by Gasteiger charge is -2.36. The molecule has 1 saturated carbocycles. The van der Waals surface area contributed by atoms with E-state index < -0.39 is 0 Å². The third kappa shape index (κ3) is 2.44. The van der Waals surface area contributed by atoms with Crippen molar-refractivity contribution in [1.82, 2.24) is 25.5 Å². The smallest absolute Gasteiger partial charge is 0.295 e. The largest absolute Gasteiger partial charge is 0.336 e. The molecule has 1 fully saturated rings. The van der Waals surface area contributed by atoms with Gasteiger partial charge < -0.3 is 10.6 Å². The molecule has 1 heterocycles. The maximum Gasteiger partial charge on any atom is 0.295 e. The SMILES string of the molecule is CN(C(=O)c1nn[nH]n1)C1CCCCC1CN. The zero-order chi connectivity index (χ0) is 12.3. The summed E-state index contributed by atoms with van der Waals surface area (Å²) in [5.41, 5.74) is 5.76. The van der Waals surface area contributed by atoms with Gasteiger partial charge in [-0.2, -0.15) is 5.21 Å². The molecule has 94 valence electrons. The summed E-state index contributed by atoms with van der Waals surface area (Å²) in [6.07, 6.45) is 4.43. The molecule has 1 aromatic rings. The van der Waals surface area contributed by atoms with Crippen LogP contribution in [-0.4, -0.2) is 51.1 Å². The van der Waals surface area contributed by atoms with Gasteiger partial charge in [0.1, 0.15) is 0 Å². The van der Waals surface area contributed by atoms with Gasteiger partial charge in [0.15, 0.2) is 0 Å². The number of amides is 1. The molecule has 1 amide bonds. The fourth-order valence-electron chi connectivity index (χ4n) is 2.53. The maximum absolute atomic E-state index is 12.1. The van der Waals surface area contributed by atoms with Crippen LogP contribution in [0.4, 0.5) is 0 Å². The highest BCUT2D eigenvalue weighted by Gasteiger charge is 2.31. The number of carbonyl (C=O) groups is 1. The normalized spacial score (nSPS) is 24.6. The van der Waals surface area contributed by atoms with E-state index in [2.05, 4.69) is 20.6 Å². The Kier molecular flexibility index (Phi) is 3.68. The monoisotopic (exact) mass is 238 g/mol. The van der Waals surface area contributed by atoms with Crippen molar-refractivity contribution < 1.29 is 4.79 Å². The van der Waals surface area contributed by atoms with Gasteiger partial charge in [-0.1, -0.05) is 12.8 Å². The predicted octanol–water partition coefficient (Wildman–Crippen LogP) is -0.211. The summed E-state index contributed by atoms with van der Waals surface area (Å²) in [5.74, 6) is 0.308. The van der Waals surface area contributed by atoms with Crippen molar-refractivity contribution >= 4 is 5.91 Å². The van der Waals surface area contributed by atoms with Crippen LogP contribution in [0.1, 0.15) is 36.3 Å². The zero-order valence-corrected chi connectivity index (χ0v) is 9.96. The number of carbonyl (C=O) groups excluding carboxylic acids is 1. The minimum Gasteiger partial charge on any atom is -0.336 e. The van der Waals surface area contributed by atoms with Gasteiger partial charge in [-0.25, -0.2) is 0 Å². The number of H-pyrrole nitrogens is 1. The molecule has 0 aliphatic heterocycles. The van der Waals surface area contributed by atoms with Gasteiger partial charge in [0.25, 0.3) is 11.7 Å². The van der Waals surface area contributed by atoms with E-state index in [0.29, 0.717) is 12.5 Å². The maximum atomic E-state index is 12.1.